The monoisotopic (exact) mass is 353 g/mol. The molecular formula is C16H24ClN5S. The minimum absolute atomic E-state index is 0.651. The summed E-state index contributed by atoms with van der Waals surface area (Å²) in [5.41, 5.74) is 2.22. The van der Waals surface area contributed by atoms with Crippen molar-refractivity contribution in [3.8, 4) is 0 Å². The van der Waals surface area contributed by atoms with E-state index in [4.69, 9.17) is 16.6 Å². The zero-order valence-corrected chi connectivity index (χ0v) is 15.9. The lowest BCUT2D eigenvalue weighted by Crippen LogP contribution is -2.38. The van der Waals surface area contributed by atoms with Crippen molar-refractivity contribution in [2.75, 3.05) is 13.6 Å². The third kappa shape index (κ3) is 4.72. The highest BCUT2D eigenvalue weighted by Crippen LogP contribution is 2.18. The van der Waals surface area contributed by atoms with Crippen molar-refractivity contribution in [3.63, 3.8) is 0 Å². The number of guanidine groups is 1. The summed E-state index contributed by atoms with van der Waals surface area (Å²) in [5.74, 6) is 0.885. The molecule has 0 unspecified atom stereocenters. The zero-order valence-electron chi connectivity index (χ0n) is 14.4. The van der Waals surface area contributed by atoms with Crippen LogP contribution >= 0.6 is 22.9 Å². The van der Waals surface area contributed by atoms with Gasteiger partial charge in [-0.2, -0.15) is 0 Å². The summed E-state index contributed by atoms with van der Waals surface area (Å²) >= 11 is 7.77. The molecule has 0 saturated carbocycles. The van der Waals surface area contributed by atoms with Crippen molar-refractivity contribution in [3.05, 3.63) is 38.6 Å². The van der Waals surface area contributed by atoms with E-state index >= 15 is 0 Å². The minimum atomic E-state index is 0.651. The third-order valence-corrected chi connectivity index (χ3v) is 4.81. The van der Waals surface area contributed by atoms with Crippen LogP contribution in [0.1, 0.15) is 28.2 Å². The Balaban J connectivity index is 2.11. The predicted octanol–water partition coefficient (Wildman–Crippen LogP) is 3.35. The molecule has 5 nitrogen and oxygen atoms in total. The lowest BCUT2D eigenvalue weighted by Gasteiger charge is -2.22. The van der Waals surface area contributed by atoms with E-state index < -0.39 is 0 Å². The third-order valence-electron chi connectivity index (χ3n) is 3.54. The van der Waals surface area contributed by atoms with Crippen LogP contribution < -0.4 is 5.32 Å². The van der Waals surface area contributed by atoms with Crippen LogP contribution in [0.3, 0.4) is 0 Å². The van der Waals surface area contributed by atoms with Gasteiger partial charge in [0.1, 0.15) is 0 Å². The lowest BCUT2D eigenvalue weighted by molar-refractivity contribution is 0.462. The van der Waals surface area contributed by atoms with Gasteiger partial charge in [0, 0.05) is 37.4 Å². The summed E-state index contributed by atoms with van der Waals surface area (Å²) < 4.78 is 2.04. The first-order valence-corrected chi connectivity index (χ1v) is 8.83. The van der Waals surface area contributed by atoms with Crippen LogP contribution in [0.25, 0.3) is 0 Å². The largest absolute Gasteiger partial charge is 0.357 e. The van der Waals surface area contributed by atoms with E-state index in [1.165, 1.54) is 4.88 Å². The number of nitrogens with one attached hydrogen (secondary N) is 1. The van der Waals surface area contributed by atoms with Crippen molar-refractivity contribution in [2.24, 2.45) is 12.0 Å². The highest BCUT2D eigenvalue weighted by Gasteiger charge is 2.11. The van der Waals surface area contributed by atoms with Crippen LogP contribution in [0.15, 0.2) is 17.3 Å². The molecule has 0 amide bonds. The highest BCUT2D eigenvalue weighted by atomic mass is 35.5. The fraction of sp³-hybridized carbons (Fsp3) is 0.500. The summed E-state index contributed by atoms with van der Waals surface area (Å²) in [5, 5.41) is 5.19. The Labute approximate surface area is 147 Å². The number of aromatic nitrogens is 2. The molecule has 0 aliphatic heterocycles. The average Bonchev–Trinajstić information content (AvgIpc) is 2.96. The Morgan fingerprint density at radius 2 is 2.22 bits per heavy atom. The van der Waals surface area contributed by atoms with E-state index in [1.54, 1.807) is 11.3 Å². The van der Waals surface area contributed by atoms with Gasteiger partial charge in [-0.25, -0.2) is 9.98 Å². The summed E-state index contributed by atoms with van der Waals surface area (Å²) in [4.78, 5) is 12.5. The molecule has 2 aromatic rings. The fourth-order valence-electron chi connectivity index (χ4n) is 2.38. The van der Waals surface area contributed by atoms with Crippen molar-refractivity contribution < 1.29 is 0 Å². The zero-order chi connectivity index (χ0) is 17.0. The molecule has 0 atom stereocenters. The quantitative estimate of drug-likeness (QED) is 0.662. The molecule has 0 aliphatic rings. The van der Waals surface area contributed by atoms with Crippen molar-refractivity contribution in [1.82, 2.24) is 19.8 Å². The number of aryl methyl sites for hydroxylation is 3. The standard InChI is InChI=1S/C16H24ClN5S/c1-6-18-16(19-8-15-11(2)20-12(3)23-15)22(5)10-14-7-13(17)9-21(14)4/h7,9H,6,8,10H2,1-5H3,(H,18,19). The van der Waals surface area contributed by atoms with E-state index in [1.807, 2.05) is 44.8 Å². The van der Waals surface area contributed by atoms with E-state index in [2.05, 4.69) is 22.1 Å². The van der Waals surface area contributed by atoms with Crippen LogP contribution in [-0.2, 0) is 20.1 Å². The molecule has 126 valence electrons. The van der Waals surface area contributed by atoms with Crippen LogP contribution in [0.4, 0.5) is 0 Å². The first-order chi connectivity index (χ1) is 10.9. The molecule has 0 aromatic carbocycles. The highest BCUT2D eigenvalue weighted by molar-refractivity contribution is 7.11. The number of thiazole rings is 1. The molecule has 0 aliphatic carbocycles. The molecule has 7 heteroatoms. The van der Waals surface area contributed by atoms with Gasteiger partial charge in [0.05, 0.1) is 28.8 Å². The number of rotatable bonds is 5. The maximum atomic E-state index is 6.06. The normalized spacial score (nSPS) is 11.8. The first kappa shape index (κ1) is 17.8. The molecule has 2 heterocycles. The van der Waals surface area contributed by atoms with Crippen molar-refractivity contribution >= 4 is 28.9 Å². The van der Waals surface area contributed by atoms with Gasteiger partial charge in [0.15, 0.2) is 5.96 Å². The summed E-state index contributed by atoms with van der Waals surface area (Å²) in [7, 11) is 4.04. The molecule has 0 fully saturated rings. The Bertz CT molecular complexity index is 689. The topological polar surface area (TPSA) is 45.5 Å². The van der Waals surface area contributed by atoms with E-state index in [9.17, 15) is 0 Å². The molecule has 1 N–H and O–H groups in total. The lowest BCUT2D eigenvalue weighted by atomic mass is 10.4. The second kappa shape index (κ2) is 7.84. The number of halogens is 1. The predicted molar refractivity (Wildman–Crippen MR) is 98.3 cm³/mol. The number of aliphatic imine (C=N–C) groups is 1. The van der Waals surface area contributed by atoms with E-state index in [-0.39, 0.29) is 0 Å². The Hall–Kier alpha value is -1.53. The SMILES string of the molecule is CCNC(=NCc1sc(C)nc1C)N(C)Cc1cc(Cl)cn1C. The fourth-order valence-corrected chi connectivity index (χ4v) is 3.51. The summed E-state index contributed by atoms with van der Waals surface area (Å²) in [6, 6.07) is 1.98. The van der Waals surface area contributed by atoms with Crippen LogP contribution in [0.5, 0.6) is 0 Å². The average molecular weight is 354 g/mol. The van der Waals surface area contributed by atoms with Gasteiger partial charge >= 0.3 is 0 Å². The van der Waals surface area contributed by atoms with Gasteiger partial charge in [-0.15, -0.1) is 11.3 Å². The molecule has 23 heavy (non-hydrogen) atoms. The second-order valence-corrected chi connectivity index (χ2v) is 7.25. The first-order valence-electron chi connectivity index (χ1n) is 7.63. The van der Waals surface area contributed by atoms with E-state index in [0.29, 0.717) is 6.54 Å². The summed E-state index contributed by atoms with van der Waals surface area (Å²) in [6.45, 7) is 8.37. The van der Waals surface area contributed by atoms with Crippen LogP contribution in [0.2, 0.25) is 5.02 Å². The smallest absolute Gasteiger partial charge is 0.194 e. The Morgan fingerprint density at radius 3 is 2.74 bits per heavy atom. The minimum Gasteiger partial charge on any atom is -0.357 e. The molecule has 2 rings (SSSR count). The molecule has 2 aromatic heterocycles. The van der Waals surface area contributed by atoms with Gasteiger partial charge in [0.25, 0.3) is 0 Å². The van der Waals surface area contributed by atoms with Crippen molar-refractivity contribution in [1.29, 1.82) is 0 Å². The summed E-state index contributed by atoms with van der Waals surface area (Å²) in [6.07, 6.45) is 1.91. The number of hydrogen-bond donors (Lipinski definition) is 1. The maximum Gasteiger partial charge on any atom is 0.194 e. The van der Waals surface area contributed by atoms with Gasteiger partial charge in [-0.3, -0.25) is 0 Å². The second-order valence-electron chi connectivity index (χ2n) is 5.53. The molecule has 0 spiro atoms. The van der Waals surface area contributed by atoms with Gasteiger partial charge in [-0.1, -0.05) is 11.6 Å². The molecule has 0 saturated heterocycles. The Kier molecular flexibility index (Phi) is 6.07. The van der Waals surface area contributed by atoms with Gasteiger partial charge in [-0.05, 0) is 26.8 Å². The number of nitrogens with zero attached hydrogens (tertiary/aromatic N) is 4. The maximum absolute atomic E-state index is 6.06. The molecule has 0 bridgehead atoms. The number of hydrogen-bond acceptors (Lipinski definition) is 3. The molecule has 0 radical (unpaired) electrons. The van der Waals surface area contributed by atoms with Crippen LogP contribution in [0, 0.1) is 13.8 Å². The molecular weight excluding hydrogens is 330 g/mol. The van der Waals surface area contributed by atoms with Gasteiger partial charge < -0.3 is 14.8 Å². The van der Waals surface area contributed by atoms with E-state index in [0.717, 1.165) is 40.5 Å². The Morgan fingerprint density at radius 1 is 1.48 bits per heavy atom. The van der Waals surface area contributed by atoms with Crippen molar-refractivity contribution in [2.45, 2.75) is 33.9 Å². The van der Waals surface area contributed by atoms with Crippen LogP contribution in [-0.4, -0.2) is 34.0 Å². The van der Waals surface area contributed by atoms with Gasteiger partial charge in [0.2, 0.25) is 0 Å².